The average Bonchev–Trinajstić information content (AvgIpc) is 2.47. The Morgan fingerprint density at radius 1 is 1.38 bits per heavy atom. The first-order valence-electron chi connectivity index (χ1n) is 5.69. The van der Waals surface area contributed by atoms with E-state index in [-0.39, 0.29) is 16.3 Å². The van der Waals surface area contributed by atoms with Gasteiger partial charge in [-0.25, -0.2) is 13.4 Å². The Labute approximate surface area is 127 Å². The summed E-state index contributed by atoms with van der Waals surface area (Å²) in [6, 6.07) is 9.00. The van der Waals surface area contributed by atoms with Gasteiger partial charge in [-0.15, -0.1) is 0 Å². The van der Waals surface area contributed by atoms with Crippen molar-refractivity contribution in [1.29, 1.82) is 5.26 Å². The summed E-state index contributed by atoms with van der Waals surface area (Å²) in [4.78, 5) is 3.51. The summed E-state index contributed by atoms with van der Waals surface area (Å²) in [6.45, 7) is 0. The Kier molecular flexibility index (Phi) is 4.31. The molecular formula is C13H10ClN3O3S. The van der Waals surface area contributed by atoms with Gasteiger partial charge in [-0.2, -0.15) is 5.26 Å². The highest BCUT2D eigenvalue weighted by atomic mass is 35.5. The first kappa shape index (κ1) is 15.1. The fourth-order valence-electron chi connectivity index (χ4n) is 1.65. The second kappa shape index (κ2) is 5.99. The molecule has 0 amide bonds. The molecule has 0 saturated heterocycles. The zero-order valence-corrected chi connectivity index (χ0v) is 12.4. The van der Waals surface area contributed by atoms with Crippen molar-refractivity contribution >= 4 is 27.3 Å². The van der Waals surface area contributed by atoms with Crippen LogP contribution in [0.4, 0.5) is 5.69 Å². The minimum Gasteiger partial charge on any atom is -0.495 e. The van der Waals surface area contributed by atoms with Crippen LogP contribution in [0.15, 0.2) is 41.4 Å². The second-order valence-corrected chi connectivity index (χ2v) is 6.00. The molecule has 2 rings (SSSR count). The summed E-state index contributed by atoms with van der Waals surface area (Å²) in [5, 5.41) is 9.29. The van der Waals surface area contributed by atoms with E-state index in [9.17, 15) is 8.42 Å². The number of methoxy groups -OCH3 is 1. The fourth-order valence-corrected chi connectivity index (χ4v) is 2.99. The van der Waals surface area contributed by atoms with E-state index in [4.69, 9.17) is 21.6 Å². The maximum Gasteiger partial charge on any atom is 0.264 e. The Morgan fingerprint density at radius 2 is 2.14 bits per heavy atom. The maximum atomic E-state index is 12.4. The largest absolute Gasteiger partial charge is 0.495 e. The summed E-state index contributed by atoms with van der Waals surface area (Å²) in [7, 11) is -2.57. The van der Waals surface area contributed by atoms with Gasteiger partial charge in [0.1, 0.15) is 16.7 Å². The number of pyridine rings is 1. The van der Waals surface area contributed by atoms with Crippen molar-refractivity contribution in [1.82, 2.24) is 4.98 Å². The molecule has 21 heavy (non-hydrogen) atoms. The van der Waals surface area contributed by atoms with E-state index >= 15 is 0 Å². The highest BCUT2D eigenvalue weighted by Gasteiger charge is 2.21. The molecule has 0 aliphatic heterocycles. The quantitative estimate of drug-likeness (QED) is 0.932. The number of halogens is 1. The molecule has 0 aliphatic carbocycles. The highest BCUT2D eigenvalue weighted by Crippen LogP contribution is 2.30. The summed E-state index contributed by atoms with van der Waals surface area (Å²) in [5.41, 5.74) is -0.0104. The fraction of sp³-hybridized carbons (Fsp3) is 0.0769. The third kappa shape index (κ3) is 3.24. The molecule has 1 aromatic carbocycles. The van der Waals surface area contributed by atoms with Crippen molar-refractivity contribution in [2.75, 3.05) is 11.8 Å². The molecule has 2 aromatic rings. The standard InChI is InChI=1S/C13H10ClN3O3S/c1-20-12-5-4-9(14)7-10(12)17-21(18,19)13-3-2-6-16-11(13)8-15/h2-7,17H,1H3. The van der Waals surface area contributed by atoms with E-state index < -0.39 is 10.0 Å². The first-order chi connectivity index (χ1) is 9.97. The number of nitriles is 1. The molecule has 0 atom stereocenters. The molecule has 1 heterocycles. The topological polar surface area (TPSA) is 92.1 Å². The number of anilines is 1. The van der Waals surface area contributed by atoms with Crippen molar-refractivity contribution in [2.24, 2.45) is 0 Å². The van der Waals surface area contributed by atoms with Crippen LogP contribution in [0.25, 0.3) is 0 Å². The van der Waals surface area contributed by atoms with Gasteiger partial charge in [0.15, 0.2) is 5.69 Å². The lowest BCUT2D eigenvalue weighted by Gasteiger charge is -2.12. The van der Waals surface area contributed by atoms with Crippen LogP contribution in [0.1, 0.15) is 5.69 Å². The molecule has 0 spiro atoms. The molecule has 8 heteroatoms. The van der Waals surface area contributed by atoms with Gasteiger partial charge in [0.05, 0.1) is 12.8 Å². The van der Waals surface area contributed by atoms with E-state index in [0.29, 0.717) is 10.8 Å². The predicted octanol–water partition coefficient (Wildman–Crippen LogP) is 2.42. The summed E-state index contributed by atoms with van der Waals surface area (Å²) >= 11 is 5.85. The maximum absolute atomic E-state index is 12.4. The lowest BCUT2D eigenvalue weighted by Crippen LogP contribution is -2.15. The molecule has 0 aliphatic rings. The highest BCUT2D eigenvalue weighted by molar-refractivity contribution is 7.92. The molecule has 6 nitrogen and oxygen atoms in total. The molecule has 0 fully saturated rings. The first-order valence-corrected chi connectivity index (χ1v) is 7.55. The van der Waals surface area contributed by atoms with Gasteiger partial charge in [-0.3, -0.25) is 4.72 Å². The van der Waals surface area contributed by atoms with Crippen molar-refractivity contribution in [3.05, 3.63) is 47.2 Å². The Bertz CT molecular complexity index is 816. The molecule has 1 aromatic heterocycles. The summed E-state index contributed by atoms with van der Waals surface area (Å²) in [5.74, 6) is 0.311. The number of ether oxygens (including phenoxy) is 1. The van der Waals surface area contributed by atoms with Gasteiger partial charge in [0.25, 0.3) is 10.0 Å². The molecule has 0 saturated carbocycles. The van der Waals surface area contributed by atoms with Gasteiger partial charge in [-0.1, -0.05) is 11.6 Å². The van der Waals surface area contributed by atoms with Gasteiger partial charge >= 0.3 is 0 Å². The number of hydrogen-bond acceptors (Lipinski definition) is 5. The van der Waals surface area contributed by atoms with Crippen molar-refractivity contribution in [2.45, 2.75) is 4.90 Å². The number of nitrogens with one attached hydrogen (secondary N) is 1. The second-order valence-electron chi connectivity index (χ2n) is 3.91. The minimum atomic E-state index is -3.98. The van der Waals surface area contributed by atoms with Crippen LogP contribution >= 0.6 is 11.6 Å². The van der Waals surface area contributed by atoms with Crippen molar-refractivity contribution in [3.63, 3.8) is 0 Å². The third-order valence-corrected chi connectivity index (χ3v) is 4.20. The zero-order valence-electron chi connectivity index (χ0n) is 10.9. The van der Waals surface area contributed by atoms with Gasteiger partial charge in [0, 0.05) is 11.2 Å². The monoisotopic (exact) mass is 323 g/mol. The van der Waals surface area contributed by atoms with Crippen LogP contribution in [-0.4, -0.2) is 20.5 Å². The molecule has 108 valence electrons. The van der Waals surface area contributed by atoms with Gasteiger partial charge < -0.3 is 4.74 Å². The molecule has 1 N–H and O–H groups in total. The number of aromatic nitrogens is 1. The van der Waals surface area contributed by atoms with E-state index in [1.165, 1.54) is 37.6 Å². The van der Waals surface area contributed by atoms with E-state index in [2.05, 4.69) is 9.71 Å². The van der Waals surface area contributed by atoms with Gasteiger partial charge in [-0.05, 0) is 30.3 Å². The lowest BCUT2D eigenvalue weighted by molar-refractivity contribution is 0.417. The third-order valence-electron chi connectivity index (χ3n) is 2.57. The number of hydrogen-bond donors (Lipinski definition) is 1. The lowest BCUT2D eigenvalue weighted by atomic mass is 10.3. The predicted molar refractivity (Wildman–Crippen MR) is 77.8 cm³/mol. The van der Waals surface area contributed by atoms with E-state index in [1.54, 1.807) is 12.1 Å². The van der Waals surface area contributed by atoms with Crippen LogP contribution in [0.5, 0.6) is 5.75 Å². The normalized spacial score (nSPS) is 10.7. The molecule has 0 radical (unpaired) electrons. The molecule has 0 unspecified atom stereocenters. The van der Waals surface area contributed by atoms with E-state index in [0.717, 1.165) is 0 Å². The SMILES string of the molecule is COc1ccc(Cl)cc1NS(=O)(=O)c1cccnc1C#N. The number of nitrogens with zero attached hydrogens (tertiary/aromatic N) is 2. The summed E-state index contributed by atoms with van der Waals surface area (Å²) < 4.78 is 32.1. The summed E-state index contributed by atoms with van der Waals surface area (Å²) in [6.07, 6.45) is 1.34. The van der Waals surface area contributed by atoms with Crippen LogP contribution < -0.4 is 9.46 Å². The Balaban J connectivity index is 2.48. The number of benzene rings is 1. The molecule has 0 bridgehead atoms. The minimum absolute atomic E-state index is 0.178. The van der Waals surface area contributed by atoms with Gasteiger partial charge in [0.2, 0.25) is 0 Å². The van der Waals surface area contributed by atoms with Crippen molar-refractivity contribution in [3.8, 4) is 11.8 Å². The van der Waals surface area contributed by atoms with Crippen LogP contribution in [0.2, 0.25) is 5.02 Å². The van der Waals surface area contributed by atoms with Crippen molar-refractivity contribution < 1.29 is 13.2 Å². The zero-order chi connectivity index (χ0) is 15.5. The number of rotatable bonds is 4. The Hall–Kier alpha value is -2.30. The smallest absolute Gasteiger partial charge is 0.264 e. The van der Waals surface area contributed by atoms with Crippen LogP contribution in [-0.2, 0) is 10.0 Å². The van der Waals surface area contributed by atoms with Crippen LogP contribution in [0.3, 0.4) is 0 Å². The molecular weight excluding hydrogens is 314 g/mol. The van der Waals surface area contributed by atoms with Crippen LogP contribution in [0, 0.1) is 11.3 Å². The Morgan fingerprint density at radius 3 is 2.81 bits per heavy atom. The average molecular weight is 324 g/mol. The van der Waals surface area contributed by atoms with E-state index in [1.807, 2.05) is 0 Å². The number of sulfonamides is 1.